The van der Waals surface area contributed by atoms with Crippen LogP contribution < -0.4 is 10.6 Å². The van der Waals surface area contributed by atoms with Gasteiger partial charge in [0, 0.05) is 60.5 Å². The molecule has 1 aliphatic heterocycles. The first-order valence-corrected chi connectivity index (χ1v) is 11.2. The van der Waals surface area contributed by atoms with E-state index in [0.29, 0.717) is 24.2 Å². The normalized spacial score (nSPS) is 21.1. The first-order chi connectivity index (χ1) is 15.3. The largest absolute Gasteiger partial charge is 0.391 e. The highest BCUT2D eigenvalue weighted by Gasteiger charge is 2.32. The van der Waals surface area contributed by atoms with Crippen molar-refractivity contribution in [3.8, 4) is 10.6 Å². The smallest absolute Gasteiger partial charge is 0.186 e. The van der Waals surface area contributed by atoms with Crippen molar-refractivity contribution < 1.29 is 18.7 Å². The zero-order valence-electron chi connectivity index (χ0n) is 17.8. The van der Waals surface area contributed by atoms with Gasteiger partial charge in [-0.25, -0.2) is 13.8 Å². The molecular formula is C23H24F2N4O2S. The van der Waals surface area contributed by atoms with Crippen molar-refractivity contribution in [3.05, 3.63) is 64.4 Å². The Labute approximate surface area is 188 Å². The number of aryl methyl sites for hydroxylation is 1. The number of Topliss-reactive ketones (excluding diaryl/α,β-unsaturated/α-hetero) is 1. The minimum Gasteiger partial charge on any atom is -0.391 e. The molecule has 0 aliphatic carbocycles. The molecule has 32 heavy (non-hydrogen) atoms. The Morgan fingerprint density at radius 2 is 2.09 bits per heavy atom. The highest BCUT2D eigenvalue weighted by atomic mass is 32.1. The number of nitrogens with two attached hydrogens (primary N) is 1. The van der Waals surface area contributed by atoms with Crippen LogP contribution in [-0.4, -0.2) is 46.1 Å². The number of aromatic nitrogens is 2. The maximum Gasteiger partial charge on any atom is 0.186 e. The quantitative estimate of drug-likeness (QED) is 0.570. The monoisotopic (exact) mass is 458 g/mol. The summed E-state index contributed by atoms with van der Waals surface area (Å²) in [5, 5.41) is 11.8. The van der Waals surface area contributed by atoms with Gasteiger partial charge in [0.2, 0.25) is 0 Å². The Bertz CT molecular complexity index is 1140. The number of carbonyl (C=O) groups excluding carboxylic acids is 1. The lowest BCUT2D eigenvalue weighted by Gasteiger charge is -2.40. The molecule has 0 saturated carbocycles. The lowest BCUT2D eigenvalue weighted by molar-refractivity contribution is 0.0784. The average Bonchev–Trinajstić information content (AvgIpc) is 3.25. The van der Waals surface area contributed by atoms with Gasteiger partial charge in [0.1, 0.15) is 22.3 Å². The van der Waals surface area contributed by atoms with Crippen LogP contribution in [0, 0.1) is 24.5 Å². The number of rotatable bonds is 5. The molecule has 0 spiro atoms. The molecule has 3 aromatic rings. The van der Waals surface area contributed by atoms with Crippen LogP contribution in [0.5, 0.6) is 0 Å². The minimum absolute atomic E-state index is 0.0179. The number of halogens is 2. The maximum absolute atomic E-state index is 14.5. The second-order valence-corrected chi connectivity index (χ2v) is 9.09. The third kappa shape index (κ3) is 4.28. The Balaban J connectivity index is 1.57. The van der Waals surface area contributed by atoms with Crippen LogP contribution in [-0.2, 0) is 6.42 Å². The molecule has 0 bridgehead atoms. The minimum atomic E-state index is -0.714. The predicted molar refractivity (Wildman–Crippen MR) is 120 cm³/mol. The number of benzene rings is 1. The number of aliphatic hydroxyl groups excluding tert-OH is 1. The molecule has 1 saturated heterocycles. The van der Waals surface area contributed by atoms with Gasteiger partial charge < -0.3 is 15.7 Å². The summed E-state index contributed by atoms with van der Waals surface area (Å²) in [6.45, 7) is 4.55. The number of hydrogen-bond acceptors (Lipinski definition) is 7. The molecule has 2 aromatic heterocycles. The van der Waals surface area contributed by atoms with Crippen LogP contribution in [0.15, 0.2) is 36.0 Å². The van der Waals surface area contributed by atoms with Gasteiger partial charge in [-0.05, 0) is 24.6 Å². The molecule has 1 fully saturated rings. The van der Waals surface area contributed by atoms with Crippen LogP contribution in [0.2, 0.25) is 0 Å². The Hall–Kier alpha value is -2.75. The van der Waals surface area contributed by atoms with Crippen molar-refractivity contribution in [1.82, 2.24) is 9.97 Å². The fraction of sp³-hybridized carbons (Fsp3) is 0.348. The Morgan fingerprint density at radius 1 is 1.31 bits per heavy atom. The third-order valence-corrected chi connectivity index (χ3v) is 6.68. The predicted octanol–water partition coefficient (Wildman–Crippen LogP) is 3.36. The highest BCUT2D eigenvalue weighted by Crippen LogP contribution is 2.31. The molecule has 0 unspecified atom stereocenters. The summed E-state index contributed by atoms with van der Waals surface area (Å²) in [4.78, 5) is 23.4. The maximum atomic E-state index is 14.5. The first kappa shape index (κ1) is 22.4. The summed E-state index contributed by atoms with van der Waals surface area (Å²) in [5.41, 5.74) is 7.86. The van der Waals surface area contributed by atoms with Gasteiger partial charge in [-0.3, -0.25) is 9.78 Å². The molecule has 168 valence electrons. The number of thiazole rings is 1. The number of piperidine rings is 1. The fourth-order valence-electron chi connectivity index (χ4n) is 4.01. The standard InChI is InChI=1S/C23H24F2N4O2S/c1-12-3-4-15(24)20(21(12)25)23-28-17(11-32-23)19(30)7-14-8-27-6-5-18(14)29-9-13(2)22(31)16(26)10-29/h3-6,8,11,13,16,22,31H,7,9-10,26H2,1-2H3/t13-,16+,22+/m0/s1. The molecule has 1 aromatic carbocycles. The molecule has 3 heterocycles. The van der Waals surface area contributed by atoms with Crippen LogP contribution >= 0.6 is 11.3 Å². The van der Waals surface area contributed by atoms with Gasteiger partial charge in [0.15, 0.2) is 5.78 Å². The molecule has 1 aliphatic rings. The third-order valence-electron chi connectivity index (χ3n) is 5.82. The molecule has 9 heteroatoms. The van der Waals surface area contributed by atoms with Gasteiger partial charge in [0.25, 0.3) is 0 Å². The Morgan fingerprint density at radius 3 is 2.84 bits per heavy atom. The summed E-state index contributed by atoms with van der Waals surface area (Å²) in [6.07, 6.45) is 2.73. The fourth-order valence-corrected chi connectivity index (χ4v) is 4.87. The number of ketones is 1. The lowest BCUT2D eigenvalue weighted by atomic mass is 9.92. The topological polar surface area (TPSA) is 92.3 Å². The van der Waals surface area contributed by atoms with Crippen LogP contribution in [0.1, 0.15) is 28.5 Å². The van der Waals surface area contributed by atoms with E-state index >= 15 is 0 Å². The van der Waals surface area contributed by atoms with E-state index < -0.39 is 23.8 Å². The van der Waals surface area contributed by atoms with E-state index in [0.717, 1.165) is 17.0 Å². The second kappa shape index (κ2) is 9.01. The van der Waals surface area contributed by atoms with Crippen molar-refractivity contribution in [3.63, 3.8) is 0 Å². The number of anilines is 1. The van der Waals surface area contributed by atoms with Crippen molar-refractivity contribution in [1.29, 1.82) is 0 Å². The van der Waals surface area contributed by atoms with E-state index in [2.05, 4.69) is 14.9 Å². The van der Waals surface area contributed by atoms with Crippen molar-refractivity contribution >= 4 is 22.8 Å². The lowest BCUT2D eigenvalue weighted by Crippen LogP contribution is -2.55. The van der Waals surface area contributed by atoms with Gasteiger partial charge in [-0.15, -0.1) is 11.3 Å². The summed E-state index contributed by atoms with van der Waals surface area (Å²) in [5.74, 6) is -1.68. The summed E-state index contributed by atoms with van der Waals surface area (Å²) >= 11 is 1.03. The molecule has 3 N–H and O–H groups in total. The van der Waals surface area contributed by atoms with Crippen LogP contribution in [0.4, 0.5) is 14.5 Å². The molecule has 6 nitrogen and oxygen atoms in total. The highest BCUT2D eigenvalue weighted by molar-refractivity contribution is 7.13. The summed E-state index contributed by atoms with van der Waals surface area (Å²) in [7, 11) is 0. The SMILES string of the molecule is Cc1ccc(F)c(-c2nc(C(=O)Cc3cnccc3N3C[C@@H](N)[C@H](O)[C@@H](C)C3)cs2)c1F. The number of nitrogens with zero attached hydrogens (tertiary/aromatic N) is 3. The van der Waals surface area contributed by atoms with Crippen molar-refractivity contribution in [2.75, 3.05) is 18.0 Å². The number of carbonyl (C=O) groups is 1. The number of hydrogen-bond donors (Lipinski definition) is 2. The molecule has 3 atom stereocenters. The zero-order chi connectivity index (χ0) is 23.0. The van der Waals surface area contributed by atoms with Crippen LogP contribution in [0.25, 0.3) is 10.6 Å². The molecular weight excluding hydrogens is 434 g/mol. The van der Waals surface area contributed by atoms with Gasteiger partial charge in [-0.1, -0.05) is 13.0 Å². The summed E-state index contributed by atoms with van der Waals surface area (Å²) < 4.78 is 28.7. The van der Waals surface area contributed by atoms with E-state index in [9.17, 15) is 18.7 Å². The second-order valence-electron chi connectivity index (χ2n) is 8.23. The average molecular weight is 459 g/mol. The van der Waals surface area contributed by atoms with E-state index in [1.54, 1.807) is 19.3 Å². The van der Waals surface area contributed by atoms with Gasteiger partial charge >= 0.3 is 0 Å². The van der Waals surface area contributed by atoms with Crippen molar-refractivity contribution in [2.45, 2.75) is 32.4 Å². The summed E-state index contributed by atoms with van der Waals surface area (Å²) in [6, 6.07) is 3.99. The van der Waals surface area contributed by atoms with Gasteiger partial charge in [-0.2, -0.15) is 0 Å². The number of pyridine rings is 1. The number of aliphatic hydroxyl groups is 1. The van der Waals surface area contributed by atoms with Crippen molar-refractivity contribution in [2.24, 2.45) is 11.7 Å². The van der Waals surface area contributed by atoms with E-state index in [1.807, 2.05) is 13.0 Å². The van der Waals surface area contributed by atoms with Gasteiger partial charge in [0.05, 0.1) is 11.7 Å². The zero-order valence-corrected chi connectivity index (χ0v) is 18.6. The van der Waals surface area contributed by atoms with Crippen LogP contribution in [0.3, 0.4) is 0 Å². The Kier molecular flexibility index (Phi) is 6.32. The molecule has 0 amide bonds. The molecule has 0 radical (unpaired) electrons. The van der Waals surface area contributed by atoms with E-state index in [-0.39, 0.29) is 34.4 Å². The first-order valence-electron chi connectivity index (χ1n) is 10.3. The molecule has 4 rings (SSSR count). The van der Waals surface area contributed by atoms with E-state index in [1.165, 1.54) is 17.5 Å². The van der Waals surface area contributed by atoms with E-state index in [4.69, 9.17) is 5.73 Å².